The van der Waals surface area contributed by atoms with Crippen LogP contribution in [0.1, 0.15) is 22.8 Å². The second-order valence-corrected chi connectivity index (χ2v) is 7.58. The molecule has 4 rings (SSSR count). The molecule has 1 N–H and O–H groups in total. The number of carbonyl (C=O) groups excluding carboxylic acids is 2. The van der Waals surface area contributed by atoms with Gasteiger partial charge >= 0.3 is 0 Å². The summed E-state index contributed by atoms with van der Waals surface area (Å²) in [7, 11) is 1.59. The molecule has 2 aromatic carbocycles. The second-order valence-electron chi connectivity index (χ2n) is 7.15. The third kappa shape index (κ3) is 3.62. The zero-order valence-electron chi connectivity index (χ0n) is 16.6. The maximum Gasteiger partial charge on any atom is 0.281 e. The van der Waals surface area contributed by atoms with Crippen molar-refractivity contribution >= 4 is 29.3 Å². The SMILES string of the molecule is COc1ccc(C[C@]2(NC(=O)c3ccc(Cl)cc3)N=C3C(C)=CC=CN3C2=O)cc1. The van der Waals surface area contributed by atoms with Gasteiger partial charge in [-0.25, -0.2) is 4.99 Å². The number of ether oxygens (including phenoxy) is 1. The van der Waals surface area contributed by atoms with E-state index in [0.29, 0.717) is 22.2 Å². The van der Waals surface area contributed by atoms with Crippen molar-refractivity contribution in [1.29, 1.82) is 0 Å². The van der Waals surface area contributed by atoms with E-state index in [1.165, 1.54) is 4.90 Å². The molecule has 7 heteroatoms. The number of rotatable bonds is 5. The van der Waals surface area contributed by atoms with Crippen LogP contribution in [0.3, 0.4) is 0 Å². The maximum absolute atomic E-state index is 13.4. The molecule has 0 saturated carbocycles. The first-order chi connectivity index (χ1) is 14.4. The molecule has 0 unspecified atom stereocenters. The largest absolute Gasteiger partial charge is 0.497 e. The van der Waals surface area contributed by atoms with Crippen LogP contribution in [-0.4, -0.2) is 35.3 Å². The van der Waals surface area contributed by atoms with E-state index in [0.717, 1.165) is 11.1 Å². The number of amidine groups is 1. The van der Waals surface area contributed by atoms with Crippen molar-refractivity contribution in [3.63, 3.8) is 0 Å². The Morgan fingerprint density at radius 3 is 2.50 bits per heavy atom. The highest BCUT2D eigenvalue weighted by Crippen LogP contribution is 2.30. The molecule has 0 radical (unpaired) electrons. The topological polar surface area (TPSA) is 71.0 Å². The molecule has 0 saturated heterocycles. The number of aliphatic imine (C=N–C) groups is 1. The summed E-state index contributed by atoms with van der Waals surface area (Å²) in [6, 6.07) is 13.8. The fourth-order valence-electron chi connectivity index (χ4n) is 3.48. The number of carbonyl (C=O) groups is 2. The maximum atomic E-state index is 13.4. The summed E-state index contributed by atoms with van der Waals surface area (Å²) in [5.41, 5.74) is 0.637. The van der Waals surface area contributed by atoms with E-state index in [9.17, 15) is 9.59 Å². The second kappa shape index (κ2) is 7.80. The van der Waals surface area contributed by atoms with Crippen molar-refractivity contribution in [3.05, 3.63) is 88.6 Å². The highest BCUT2D eigenvalue weighted by molar-refractivity contribution is 6.30. The number of allylic oxidation sites excluding steroid dienone is 2. The number of benzene rings is 2. The lowest BCUT2D eigenvalue weighted by Crippen LogP contribution is -2.55. The number of nitrogens with one attached hydrogen (secondary N) is 1. The molecule has 152 valence electrons. The Hall–Kier alpha value is -3.38. The lowest BCUT2D eigenvalue weighted by atomic mass is 9.98. The van der Waals surface area contributed by atoms with E-state index in [1.54, 1.807) is 43.7 Å². The van der Waals surface area contributed by atoms with Gasteiger partial charge in [-0.2, -0.15) is 0 Å². The number of hydrogen-bond donors (Lipinski definition) is 1. The number of fused-ring (bicyclic) bond motifs is 1. The first-order valence-electron chi connectivity index (χ1n) is 9.42. The third-order valence-corrected chi connectivity index (χ3v) is 5.33. The minimum atomic E-state index is -1.45. The zero-order valence-corrected chi connectivity index (χ0v) is 17.3. The van der Waals surface area contributed by atoms with Gasteiger partial charge in [0.05, 0.1) is 7.11 Å². The quantitative estimate of drug-likeness (QED) is 0.799. The standard InChI is InChI=1S/C23H20ClN3O3/c1-15-4-3-13-27-20(15)25-23(22(27)29,14-16-5-11-19(30-2)12-6-16)26-21(28)17-7-9-18(24)10-8-17/h3-13H,14H2,1-2H3,(H,26,28)/t23-/m1/s1. The van der Waals surface area contributed by atoms with Gasteiger partial charge in [0.25, 0.3) is 11.8 Å². The predicted octanol–water partition coefficient (Wildman–Crippen LogP) is 3.73. The molecule has 2 aromatic rings. The molecule has 2 amide bonds. The lowest BCUT2D eigenvalue weighted by Gasteiger charge is -2.27. The van der Waals surface area contributed by atoms with Gasteiger partial charge < -0.3 is 10.1 Å². The smallest absolute Gasteiger partial charge is 0.281 e. The Morgan fingerprint density at radius 1 is 1.17 bits per heavy atom. The highest BCUT2D eigenvalue weighted by Gasteiger charge is 2.49. The summed E-state index contributed by atoms with van der Waals surface area (Å²) in [4.78, 5) is 32.6. The van der Waals surface area contributed by atoms with Crippen molar-refractivity contribution in [1.82, 2.24) is 10.2 Å². The molecule has 0 spiro atoms. The van der Waals surface area contributed by atoms with Crippen molar-refractivity contribution in [2.75, 3.05) is 7.11 Å². The number of halogens is 1. The summed E-state index contributed by atoms with van der Waals surface area (Å²) in [5.74, 6) is 0.538. The van der Waals surface area contributed by atoms with E-state index in [1.807, 2.05) is 37.3 Å². The fourth-order valence-corrected chi connectivity index (χ4v) is 3.61. The lowest BCUT2D eigenvalue weighted by molar-refractivity contribution is -0.130. The number of nitrogens with zero attached hydrogens (tertiary/aromatic N) is 2. The van der Waals surface area contributed by atoms with Gasteiger partial charge in [-0.3, -0.25) is 14.5 Å². The van der Waals surface area contributed by atoms with Gasteiger partial charge in [0.1, 0.15) is 11.6 Å². The molecule has 2 aliphatic rings. The van der Waals surface area contributed by atoms with Crippen LogP contribution in [0.15, 0.2) is 77.4 Å². The monoisotopic (exact) mass is 421 g/mol. The van der Waals surface area contributed by atoms with E-state index in [2.05, 4.69) is 5.32 Å². The van der Waals surface area contributed by atoms with Gasteiger partial charge in [0, 0.05) is 23.2 Å². The van der Waals surface area contributed by atoms with Gasteiger partial charge in [-0.15, -0.1) is 0 Å². The molecular weight excluding hydrogens is 402 g/mol. The van der Waals surface area contributed by atoms with Crippen molar-refractivity contribution in [2.45, 2.75) is 19.0 Å². The predicted molar refractivity (Wildman–Crippen MR) is 116 cm³/mol. The summed E-state index contributed by atoms with van der Waals surface area (Å²) >= 11 is 5.93. The van der Waals surface area contributed by atoms with Gasteiger partial charge in [0.15, 0.2) is 0 Å². The molecular formula is C23H20ClN3O3. The van der Waals surface area contributed by atoms with Crippen LogP contribution in [0, 0.1) is 0 Å². The number of hydrogen-bond acceptors (Lipinski definition) is 4. The van der Waals surface area contributed by atoms with Crippen molar-refractivity contribution in [2.24, 2.45) is 4.99 Å². The Morgan fingerprint density at radius 2 is 1.87 bits per heavy atom. The van der Waals surface area contributed by atoms with Crippen LogP contribution in [0.2, 0.25) is 5.02 Å². The van der Waals surface area contributed by atoms with Gasteiger partial charge in [-0.05, 0) is 60.5 Å². The number of methoxy groups -OCH3 is 1. The molecule has 0 bridgehead atoms. The van der Waals surface area contributed by atoms with Crippen LogP contribution < -0.4 is 10.1 Å². The molecule has 0 fully saturated rings. The van der Waals surface area contributed by atoms with Crippen molar-refractivity contribution in [3.8, 4) is 5.75 Å². The Bertz CT molecular complexity index is 1090. The van der Waals surface area contributed by atoms with Crippen molar-refractivity contribution < 1.29 is 14.3 Å². The van der Waals surface area contributed by atoms with Crippen LogP contribution >= 0.6 is 11.6 Å². The van der Waals surface area contributed by atoms with E-state index < -0.39 is 11.6 Å². The fraction of sp³-hybridized carbons (Fsp3) is 0.174. The molecule has 0 aliphatic carbocycles. The van der Waals surface area contributed by atoms with Crippen LogP contribution in [-0.2, 0) is 11.2 Å². The Balaban J connectivity index is 1.72. The minimum absolute atomic E-state index is 0.205. The minimum Gasteiger partial charge on any atom is -0.497 e. The van der Waals surface area contributed by atoms with Crippen LogP contribution in [0.25, 0.3) is 0 Å². The summed E-state index contributed by atoms with van der Waals surface area (Å²) < 4.78 is 5.21. The molecule has 30 heavy (non-hydrogen) atoms. The molecule has 1 atom stereocenters. The Kier molecular flexibility index (Phi) is 5.18. The highest BCUT2D eigenvalue weighted by atomic mass is 35.5. The van der Waals surface area contributed by atoms with Gasteiger partial charge in [-0.1, -0.05) is 29.8 Å². The van der Waals surface area contributed by atoms with E-state index in [4.69, 9.17) is 21.3 Å². The molecule has 6 nitrogen and oxygen atoms in total. The summed E-state index contributed by atoms with van der Waals surface area (Å²) in [6.07, 6.45) is 5.54. The molecule has 2 aliphatic heterocycles. The average molecular weight is 422 g/mol. The number of amides is 2. The first-order valence-corrected chi connectivity index (χ1v) is 9.80. The molecule has 0 aromatic heterocycles. The molecule has 2 heterocycles. The third-order valence-electron chi connectivity index (χ3n) is 5.08. The van der Waals surface area contributed by atoms with Gasteiger partial charge in [0.2, 0.25) is 5.66 Å². The average Bonchev–Trinajstić information content (AvgIpc) is 3.02. The van der Waals surface area contributed by atoms with E-state index in [-0.39, 0.29) is 12.3 Å². The van der Waals surface area contributed by atoms with Crippen LogP contribution in [0.5, 0.6) is 5.75 Å². The first kappa shape index (κ1) is 19.9. The van der Waals surface area contributed by atoms with E-state index >= 15 is 0 Å². The summed E-state index contributed by atoms with van der Waals surface area (Å²) in [5, 5.41) is 3.41. The zero-order chi connectivity index (χ0) is 21.3. The normalized spacial score (nSPS) is 19.8. The summed E-state index contributed by atoms with van der Waals surface area (Å²) in [6.45, 7) is 1.88. The Labute approximate surface area is 179 Å². The van der Waals surface area contributed by atoms with Crippen LogP contribution in [0.4, 0.5) is 0 Å².